The Morgan fingerprint density at radius 3 is 2.79 bits per heavy atom. The Kier molecular flexibility index (Phi) is 2.67. The van der Waals surface area contributed by atoms with Gasteiger partial charge in [0.15, 0.2) is 0 Å². The summed E-state index contributed by atoms with van der Waals surface area (Å²) in [5.41, 5.74) is 5.54. The third-order valence-electron chi connectivity index (χ3n) is 1.69. The molecular weight excluding hydrogens is 187 g/mol. The van der Waals surface area contributed by atoms with Gasteiger partial charge in [0.2, 0.25) is 0 Å². The van der Waals surface area contributed by atoms with Crippen LogP contribution in [0.2, 0.25) is 0 Å². The van der Waals surface area contributed by atoms with E-state index in [1.165, 1.54) is 0 Å². The molecule has 0 fully saturated rings. The van der Waals surface area contributed by atoms with Gasteiger partial charge in [0.05, 0.1) is 12.0 Å². The number of aliphatic carboxylic acids is 1. The molecule has 0 heterocycles. The van der Waals surface area contributed by atoms with Crippen LogP contribution in [-0.2, 0) is 11.2 Å². The van der Waals surface area contributed by atoms with E-state index in [9.17, 15) is 9.18 Å². The molecule has 0 atom stereocenters. The van der Waals surface area contributed by atoms with E-state index >= 15 is 0 Å². The SMILES string of the molecule is N#Cc1cc(N)c(CC(=O)O)cc1F. The molecule has 4 nitrogen and oxygen atoms in total. The minimum atomic E-state index is -1.10. The molecular formula is C9H7FN2O2. The van der Waals surface area contributed by atoms with Crippen molar-refractivity contribution in [3.8, 4) is 6.07 Å². The summed E-state index contributed by atoms with van der Waals surface area (Å²) in [6, 6.07) is 3.72. The number of carboxylic acids is 1. The first-order chi connectivity index (χ1) is 6.54. The van der Waals surface area contributed by atoms with E-state index in [4.69, 9.17) is 16.1 Å². The fraction of sp³-hybridized carbons (Fsp3) is 0.111. The molecule has 5 heteroatoms. The smallest absolute Gasteiger partial charge is 0.307 e. The first-order valence-corrected chi connectivity index (χ1v) is 3.74. The lowest BCUT2D eigenvalue weighted by atomic mass is 10.1. The maximum Gasteiger partial charge on any atom is 0.307 e. The second-order valence-electron chi connectivity index (χ2n) is 2.71. The largest absolute Gasteiger partial charge is 0.481 e. The minimum Gasteiger partial charge on any atom is -0.481 e. The van der Waals surface area contributed by atoms with Crippen molar-refractivity contribution in [3.63, 3.8) is 0 Å². The molecule has 0 saturated heterocycles. The van der Waals surface area contributed by atoms with Crippen molar-refractivity contribution < 1.29 is 14.3 Å². The van der Waals surface area contributed by atoms with E-state index in [1.807, 2.05) is 0 Å². The second kappa shape index (κ2) is 3.75. The molecule has 0 bridgehead atoms. The van der Waals surface area contributed by atoms with Gasteiger partial charge in [-0.3, -0.25) is 4.79 Å². The fourth-order valence-electron chi connectivity index (χ4n) is 1.03. The Labute approximate surface area is 79.4 Å². The molecule has 1 aromatic carbocycles. The summed E-state index contributed by atoms with van der Waals surface area (Å²) in [5.74, 6) is -1.85. The first kappa shape index (κ1) is 9.99. The molecule has 0 saturated carbocycles. The molecule has 0 aromatic heterocycles. The molecule has 14 heavy (non-hydrogen) atoms. The van der Waals surface area contributed by atoms with Crippen LogP contribution < -0.4 is 5.73 Å². The van der Waals surface area contributed by atoms with E-state index in [0.29, 0.717) is 0 Å². The van der Waals surface area contributed by atoms with Crippen molar-refractivity contribution in [1.82, 2.24) is 0 Å². The van der Waals surface area contributed by atoms with Gasteiger partial charge in [-0.05, 0) is 17.7 Å². The van der Waals surface area contributed by atoms with Crippen LogP contribution in [0, 0.1) is 17.1 Å². The zero-order valence-corrected chi connectivity index (χ0v) is 7.12. The standard InChI is InChI=1S/C9H7FN2O2/c10-7-1-5(3-9(13)14)8(12)2-6(7)4-11/h1-2H,3,12H2,(H,13,14). The monoisotopic (exact) mass is 194 g/mol. The van der Waals surface area contributed by atoms with Gasteiger partial charge < -0.3 is 10.8 Å². The Bertz CT molecular complexity index is 424. The van der Waals surface area contributed by atoms with Crippen molar-refractivity contribution in [3.05, 3.63) is 29.1 Å². The Morgan fingerprint density at radius 2 is 2.29 bits per heavy atom. The number of halogens is 1. The van der Waals surface area contributed by atoms with Crippen molar-refractivity contribution >= 4 is 11.7 Å². The zero-order chi connectivity index (χ0) is 10.7. The van der Waals surface area contributed by atoms with Crippen LogP contribution in [0.5, 0.6) is 0 Å². The van der Waals surface area contributed by atoms with Crippen LogP contribution in [0.25, 0.3) is 0 Å². The number of hydrogen-bond donors (Lipinski definition) is 2. The van der Waals surface area contributed by atoms with Crippen LogP contribution in [0.1, 0.15) is 11.1 Å². The van der Waals surface area contributed by atoms with E-state index in [2.05, 4.69) is 0 Å². The van der Waals surface area contributed by atoms with Gasteiger partial charge in [-0.1, -0.05) is 0 Å². The number of benzene rings is 1. The minimum absolute atomic E-state index is 0.116. The number of nitriles is 1. The number of nitrogens with zero attached hydrogens (tertiary/aromatic N) is 1. The van der Waals surface area contributed by atoms with Crippen molar-refractivity contribution in [2.24, 2.45) is 0 Å². The highest BCUT2D eigenvalue weighted by molar-refractivity contribution is 5.73. The predicted molar refractivity (Wildman–Crippen MR) is 46.9 cm³/mol. The summed E-state index contributed by atoms with van der Waals surface area (Å²) in [7, 11) is 0. The van der Waals surface area contributed by atoms with Crippen molar-refractivity contribution in [2.45, 2.75) is 6.42 Å². The topological polar surface area (TPSA) is 87.1 Å². The number of rotatable bonds is 2. The summed E-state index contributed by atoms with van der Waals surface area (Å²) in [5, 5.41) is 16.9. The third kappa shape index (κ3) is 1.98. The van der Waals surface area contributed by atoms with E-state index in [0.717, 1.165) is 12.1 Å². The molecule has 0 unspecified atom stereocenters. The quantitative estimate of drug-likeness (QED) is 0.685. The van der Waals surface area contributed by atoms with E-state index in [1.54, 1.807) is 6.07 Å². The van der Waals surface area contributed by atoms with Crippen LogP contribution in [-0.4, -0.2) is 11.1 Å². The van der Waals surface area contributed by atoms with Crippen molar-refractivity contribution in [1.29, 1.82) is 5.26 Å². The highest BCUT2D eigenvalue weighted by atomic mass is 19.1. The third-order valence-corrected chi connectivity index (χ3v) is 1.69. The van der Waals surface area contributed by atoms with Gasteiger partial charge in [-0.25, -0.2) is 4.39 Å². The lowest BCUT2D eigenvalue weighted by Crippen LogP contribution is -2.05. The van der Waals surface area contributed by atoms with Gasteiger partial charge in [-0.15, -0.1) is 0 Å². The van der Waals surface area contributed by atoms with Crippen LogP contribution in [0.15, 0.2) is 12.1 Å². The Hall–Kier alpha value is -2.09. The fourth-order valence-corrected chi connectivity index (χ4v) is 1.03. The van der Waals surface area contributed by atoms with Gasteiger partial charge in [0.1, 0.15) is 11.9 Å². The first-order valence-electron chi connectivity index (χ1n) is 3.74. The number of carboxylic acid groups (broad SMARTS) is 1. The molecule has 0 radical (unpaired) electrons. The summed E-state index contributed by atoms with van der Waals surface area (Å²) in [4.78, 5) is 10.3. The number of nitrogens with two attached hydrogens (primary N) is 1. The number of hydrogen-bond acceptors (Lipinski definition) is 3. The van der Waals surface area contributed by atoms with Crippen LogP contribution >= 0.6 is 0 Å². The molecule has 1 aromatic rings. The maximum atomic E-state index is 13.0. The summed E-state index contributed by atoms with van der Waals surface area (Å²) < 4.78 is 13.0. The number of carbonyl (C=O) groups is 1. The molecule has 3 N–H and O–H groups in total. The average Bonchev–Trinajstić information content (AvgIpc) is 2.10. The molecule has 0 aliphatic heterocycles. The molecule has 0 aliphatic rings. The molecule has 72 valence electrons. The van der Waals surface area contributed by atoms with Gasteiger partial charge in [-0.2, -0.15) is 5.26 Å². The average molecular weight is 194 g/mol. The van der Waals surface area contributed by atoms with Gasteiger partial charge >= 0.3 is 5.97 Å². The number of anilines is 1. The summed E-state index contributed by atoms with van der Waals surface area (Å²) in [6.45, 7) is 0. The zero-order valence-electron chi connectivity index (χ0n) is 7.12. The highest BCUT2D eigenvalue weighted by Crippen LogP contribution is 2.17. The van der Waals surface area contributed by atoms with Gasteiger partial charge in [0.25, 0.3) is 0 Å². The molecule has 0 aliphatic carbocycles. The van der Waals surface area contributed by atoms with E-state index < -0.39 is 11.8 Å². The Balaban J connectivity index is 3.16. The number of nitrogen functional groups attached to an aromatic ring is 1. The van der Waals surface area contributed by atoms with Crippen LogP contribution in [0.4, 0.5) is 10.1 Å². The molecule has 1 rings (SSSR count). The summed E-state index contributed by atoms with van der Waals surface area (Å²) in [6.07, 6.45) is -0.353. The molecule has 0 spiro atoms. The second-order valence-corrected chi connectivity index (χ2v) is 2.71. The summed E-state index contributed by atoms with van der Waals surface area (Å²) >= 11 is 0. The molecule has 0 amide bonds. The normalized spacial score (nSPS) is 9.43. The lowest BCUT2D eigenvalue weighted by molar-refractivity contribution is -0.136. The van der Waals surface area contributed by atoms with Crippen LogP contribution in [0.3, 0.4) is 0 Å². The van der Waals surface area contributed by atoms with E-state index in [-0.39, 0.29) is 23.2 Å². The maximum absolute atomic E-state index is 13.0. The van der Waals surface area contributed by atoms with Gasteiger partial charge in [0, 0.05) is 5.69 Å². The predicted octanol–water partition coefficient (Wildman–Crippen LogP) is 0.907. The highest BCUT2D eigenvalue weighted by Gasteiger charge is 2.09. The lowest BCUT2D eigenvalue weighted by Gasteiger charge is -2.03. The van der Waals surface area contributed by atoms with Crippen molar-refractivity contribution in [2.75, 3.05) is 5.73 Å². The Morgan fingerprint density at radius 1 is 1.64 bits per heavy atom.